The van der Waals surface area contributed by atoms with Crippen molar-refractivity contribution in [2.75, 3.05) is 7.11 Å². The van der Waals surface area contributed by atoms with Gasteiger partial charge in [-0.25, -0.2) is 0 Å². The molecule has 0 spiro atoms. The van der Waals surface area contributed by atoms with Gasteiger partial charge in [0.15, 0.2) is 6.29 Å². The minimum Gasteiger partial charge on any atom is -0.496 e. The Kier molecular flexibility index (Phi) is 2.00. The first-order valence-electron chi connectivity index (χ1n) is 4.37. The number of carbonyl (C=O) groups is 1. The lowest BCUT2D eigenvalue weighted by Crippen LogP contribution is -1.87. The van der Waals surface area contributed by atoms with Gasteiger partial charge in [-0.05, 0) is 24.6 Å². The van der Waals surface area contributed by atoms with Crippen LogP contribution in [0.3, 0.4) is 0 Å². The maximum absolute atomic E-state index is 10.7. The lowest BCUT2D eigenvalue weighted by atomic mass is 10.1. The van der Waals surface area contributed by atoms with Crippen molar-refractivity contribution in [3.63, 3.8) is 0 Å². The highest BCUT2D eigenvalue weighted by Crippen LogP contribution is 2.26. The zero-order chi connectivity index (χ0) is 10.1. The third-order valence-electron chi connectivity index (χ3n) is 2.36. The minimum atomic E-state index is 0.665. The van der Waals surface area contributed by atoms with Crippen LogP contribution < -0.4 is 4.74 Å². The van der Waals surface area contributed by atoms with Gasteiger partial charge in [0.1, 0.15) is 5.75 Å². The van der Waals surface area contributed by atoms with Gasteiger partial charge in [-0.15, -0.1) is 0 Å². The van der Waals surface area contributed by atoms with E-state index in [9.17, 15) is 4.79 Å². The van der Waals surface area contributed by atoms with Crippen molar-refractivity contribution in [2.24, 2.45) is 0 Å². The molecule has 0 radical (unpaired) electrons. The van der Waals surface area contributed by atoms with Crippen LogP contribution in [0.5, 0.6) is 5.75 Å². The van der Waals surface area contributed by atoms with Crippen molar-refractivity contribution in [1.82, 2.24) is 4.98 Å². The predicted molar refractivity (Wildman–Crippen MR) is 55.0 cm³/mol. The largest absolute Gasteiger partial charge is 0.496 e. The zero-order valence-corrected chi connectivity index (χ0v) is 8.13. The molecule has 0 unspecified atom stereocenters. The molecule has 1 aromatic heterocycles. The maximum Gasteiger partial charge on any atom is 0.152 e. The number of hydrogen-bond acceptors (Lipinski definition) is 2. The molecule has 0 aliphatic carbocycles. The number of H-pyrrole nitrogens is 1. The molecule has 1 N–H and O–H groups in total. The predicted octanol–water partition coefficient (Wildman–Crippen LogP) is 2.30. The van der Waals surface area contributed by atoms with Gasteiger partial charge in [0.2, 0.25) is 0 Å². The lowest BCUT2D eigenvalue weighted by molar-refractivity contribution is 0.112. The second-order valence-corrected chi connectivity index (χ2v) is 3.23. The van der Waals surface area contributed by atoms with Gasteiger partial charge in [-0.2, -0.15) is 0 Å². The van der Waals surface area contributed by atoms with Gasteiger partial charge in [0.25, 0.3) is 0 Å². The molecule has 1 aromatic carbocycles. The summed E-state index contributed by atoms with van der Waals surface area (Å²) in [5, 5.41) is 0.905. The van der Waals surface area contributed by atoms with Crippen molar-refractivity contribution in [3.8, 4) is 5.75 Å². The number of fused-ring (bicyclic) bond motifs is 1. The molecule has 72 valence electrons. The van der Waals surface area contributed by atoms with Crippen LogP contribution in [-0.2, 0) is 0 Å². The molecular weight excluding hydrogens is 178 g/mol. The zero-order valence-electron chi connectivity index (χ0n) is 8.13. The summed E-state index contributed by atoms with van der Waals surface area (Å²) < 4.78 is 5.19. The number of rotatable bonds is 2. The highest BCUT2D eigenvalue weighted by Gasteiger charge is 2.06. The van der Waals surface area contributed by atoms with E-state index in [-0.39, 0.29) is 0 Å². The Morgan fingerprint density at radius 1 is 1.43 bits per heavy atom. The Bertz CT molecular complexity index is 485. The van der Waals surface area contributed by atoms with E-state index < -0.39 is 0 Å². The van der Waals surface area contributed by atoms with Crippen LogP contribution in [0.1, 0.15) is 15.9 Å². The smallest absolute Gasteiger partial charge is 0.152 e. The van der Waals surface area contributed by atoms with E-state index in [0.717, 1.165) is 28.5 Å². The van der Waals surface area contributed by atoms with Crippen LogP contribution in [0.25, 0.3) is 10.9 Å². The first kappa shape index (κ1) is 8.81. The number of ether oxygens (including phenoxy) is 1. The summed E-state index contributed by atoms with van der Waals surface area (Å²) in [4.78, 5) is 13.7. The van der Waals surface area contributed by atoms with E-state index in [4.69, 9.17) is 4.74 Å². The molecular formula is C11H11NO2. The van der Waals surface area contributed by atoms with E-state index in [1.54, 1.807) is 13.3 Å². The number of methoxy groups -OCH3 is 1. The van der Waals surface area contributed by atoms with E-state index >= 15 is 0 Å². The molecule has 0 aliphatic rings. The Labute approximate surface area is 81.7 Å². The van der Waals surface area contributed by atoms with E-state index in [1.165, 1.54) is 0 Å². The summed E-state index contributed by atoms with van der Waals surface area (Å²) >= 11 is 0. The number of benzene rings is 1. The molecule has 0 aliphatic heterocycles. The number of carbonyl (C=O) groups excluding carboxylic acids is 1. The summed E-state index contributed by atoms with van der Waals surface area (Å²) in [5.74, 6) is 0.806. The standard InChI is InChI=1S/C11H11NO2/c1-7-3-10-9(4-11(7)14-2)8(6-13)5-12-10/h3-6,12H,1-2H3. The quantitative estimate of drug-likeness (QED) is 0.736. The minimum absolute atomic E-state index is 0.665. The van der Waals surface area contributed by atoms with Crippen molar-refractivity contribution >= 4 is 17.2 Å². The highest BCUT2D eigenvalue weighted by atomic mass is 16.5. The average Bonchev–Trinajstić information content (AvgIpc) is 2.58. The fourth-order valence-corrected chi connectivity index (χ4v) is 1.60. The van der Waals surface area contributed by atoms with E-state index in [0.29, 0.717) is 5.56 Å². The molecule has 0 fully saturated rings. The monoisotopic (exact) mass is 189 g/mol. The normalized spacial score (nSPS) is 10.4. The summed E-state index contributed by atoms with van der Waals surface area (Å²) in [5.41, 5.74) is 2.68. The molecule has 2 rings (SSSR count). The fourth-order valence-electron chi connectivity index (χ4n) is 1.60. The first-order chi connectivity index (χ1) is 6.76. The molecule has 0 atom stereocenters. The number of aromatic nitrogens is 1. The second kappa shape index (κ2) is 3.18. The Hall–Kier alpha value is -1.77. The third kappa shape index (κ3) is 1.18. The molecule has 0 saturated carbocycles. The van der Waals surface area contributed by atoms with E-state index in [2.05, 4.69) is 4.98 Å². The molecule has 3 nitrogen and oxygen atoms in total. The third-order valence-corrected chi connectivity index (χ3v) is 2.36. The van der Waals surface area contributed by atoms with Crippen LogP contribution in [0.4, 0.5) is 0 Å². The van der Waals surface area contributed by atoms with Gasteiger partial charge in [0.05, 0.1) is 7.11 Å². The molecule has 3 heteroatoms. The van der Waals surface area contributed by atoms with Crippen molar-refractivity contribution < 1.29 is 9.53 Å². The Morgan fingerprint density at radius 2 is 2.21 bits per heavy atom. The summed E-state index contributed by atoms with van der Waals surface area (Å²) in [6.45, 7) is 1.97. The molecule has 2 aromatic rings. The molecule has 14 heavy (non-hydrogen) atoms. The second-order valence-electron chi connectivity index (χ2n) is 3.23. The van der Waals surface area contributed by atoms with Crippen LogP contribution in [0.15, 0.2) is 18.3 Å². The van der Waals surface area contributed by atoms with Gasteiger partial charge < -0.3 is 9.72 Å². The van der Waals surface area contributed by atoms with Crippen molar-refractivity contribution in [3.05, 3.63) is 29.5 Å². The lowest BCUT2D eigenvalue weighted by Gasteiger charge is -2.04. The first-order valence-corrected chi connectivity index (χ1v) is 4.37. The molecule has 0 bridgehead atoms. The van der Waals surface area contributed by atoms with Crippen molar-refractivity contribution in [2.45, 2.75) is 6.92 Å². The van der Waals surface area contributed by atoms with E-state index in [1.807, 2.05) is 19.1 Å². The Balaban J connectivity index is 2.76. The van der Waals surface area contributed by atoms with Gasteiger partial charge >= 0.3 is 0 Å². The molecule has 0 amide bonds. The maximum atomic E-state index is 10.7. The SMILES string of the molecule is COc1cc2c(C=O)c[nH]c2cc1C. The summed E-state index contributed by atoms with van der Waals surface area (Å²) in [6.07, 6.45) is 2.55. The van der Waals surface area contributed by atoms with Crippen LogP contribution >= 0.6 is 0 Å². The van der Waals surface area contributed by atoms with Crippen LogP contribution in [0, 0.1) is 6.92 Å². The van der Waals surface area contributed by atoms with Gasteiger partial charge in [-0.3, -0.25) is 4.79 Å². The highest BCUT2D eigenvalue weighted by molar-refractivity contribution is 5.98. The molecule has 1 heterocycles. The summed E-state index contributed by atoms with van der Waals surface area (Å²) in [7, 11) is 1.63. The van der Waals surface area contributed by atoms with Crippen LogP contribution in [0.2, 0.25) is 0 Å². The number of nitrogens with one attached hydrogen (secondary N) is 1. The van der Waals surface area contributed by atoms with Crippen LogP contribution in [-0.4, -0.2) is 18.4 Å². The average molecular weight is 189 g/mol. The fraction of sp³-hybridized carbons (Fsp3) is 0.182. The molecule has 0 saturated heterocycles. The summed E-state index contributed by atoms with van der Waals surface area (Å²) in [6, 6.07) is 3.85. The number of hydrogen-bond donors (Lipinski definition) is 1. The van der Waals surface area contributed by atoms with Gasteiger partial charge in [0, 0.05) is 22.7 Å². The number of aromatic amines is 1. The number of aldehydes is 1. The topological polar surface area (TPSA) is 42.1 Å². The van der Waals surface area contributed by atoms with Gasteiger partial charge in [-0.1, -0.05) is 0 Å². The van der Waals surface area contributed by atoms with Crippen molar-refractivity contribution in [1.29, 1.82) is 0 Å². The Morgan fingerprint density at radius 3 is 2.86 bits per heavy atom. The number of aryl methyl sites for hydroxylation is 1.